The topological polar surface area (TPSA) is 0 Å². The molecule has 0 unspecified atom stereocenters. The minimum absolute atomic E-state index is 0. The predicted molar refractivity (Wildman–Crippen MR) is 67.3 cm³/mol. The first-order valence-electron chi connectivity index (χ1n) is 5.19. The van der Waals surface area contributed by atoms with Crippen molar-refractivity contribution in [3.63, 3.8) is 0 Å². The smallest absolute Gasteiger partial charge is 0.0213 e. The Labute approximate surface area is 111 Å². The van der Waals surface area contributed by atoms with Crippen LogP contribution in [0.3, 0.4) is 0 Å². The second-order valence-electron chi connectivity index (χ2n) is 3.82. The average Bonchev–Trinajstić information content (AvgIpc) is 2.45. The Morgan fingerprint density at radius 3 is 2.13 bits per heavy atom. The fraction of sp³-hybridized carbons (Fsp3) is 0.385. The molecule has 0 aromatic heterocycles. The SMILES string of the molecule is CC1=C(C)c2ccccc2C1.C[SiH]C.[Ti]. The largest absolute Gasteiger partial charge is 0.0743 e. The predicted octanol–water partition coefficient (Wildman–Crippen LogP) is 3.55. The summed E-state index contributed by atoms with van der Waals surface area (Å²) in [6.07, 6.45) is 1.15. The molecule has 79 valence electrons. The molecule has 0 fully saturated rings. The van der Waals surface area contributed by atoms with Gasteiger partial charge in [-0.05, 0) is 37.0 Å². The summed E-state index contributed by atoms with van der Waals surface area (Å²) in [7, 11) is 0.750. The summed E-state index contributed by atoms with van der Waals surface area (Å²) in [5, 5.41) is 0. The summed E-state index contributed by atoms with van der Waals surface area (Å²) in [6, 6.07) is 8.65. The molecule has 0 aliphatic heterocycles. The van der Waals surface area contributed by atoms with Gasteiger partial charge in [0, 0.05) is 31.2 Å². The first-order valence-corrected chi connectivity index (χ1v) is 7.50. The zero-order chi connectivity index (χ0) is 10.6. The van der Waals surface area contributed by atoms with Gasteiger partial charge in [0.1, 0.15) is 0 Å². The van der Waals surface area contributed by atoms with E-state index in [1.165, 1.54) is 22.3 Å². The first-order chi connectivity index (χ1) is 6.70. The van der Waals surface area contributed by atoms with Crippen LogP contribution in [0.4, 0.5) is 0 Å². The number of benzene rings is 1. The van der Waals surface area contributed by atoms with Crippen LogP contribution in [0.25, 0.3) is 5.57 Å². The zero-order valence-electron chi connectivity index (χ0n) is 10.1. The Hall–Kier alpha value is -0.109. The molecule has 1 radical (unpaired) electrons. The summed E-state index contributed by atoms with van der Waals surface area (Å²) in [4.78, 5) is 0. The van der Waals surface area contributed by atoms with Crippen LogP contribution in [0.5, 0.6) is 0 Å². The van der Waals surface area contributed by atoms with Crippen LogP contribution in [0.1, 0.15) is 25.0 Å². The van der Waals surface area contributed by atoms with Crippen molar-refractivity contribution < 1.29 is 21.7 Å². The fourth-order valence-corrected chi connectivity index (χ4v) is 1.69. The Morgan fingerprint density at radius 1 is 1.07 bits per heavy atom. The molecule has 0 heterocycles. The second-order valence-corrected chi connectivity index (χ2v) is 4.97. The molecule has 1 aliphatic rings. The van der Waals surface area contributed by atoms with Crippen LogP contribution in [0.2, 0.25) is 13.1 Å². The Bertz CT molecular complexity index is 342. The van der Waals surface area contributed by atoms with Crippen LogP contribution in [-0.4, -0.2) is 9.52 Å². The van der Waals surface area contributed by atoms with Gasteiger partial charge in [-0.3, -0.25) is 0 Å². The molecule has 2 rings (SSSR count). The van der Waals surface area contributed by atoms with Crippen LogP contribution < -0.4 is 0 Å². The van der Waals surface area contributed by atoms with E-state index in [1.807, 2.05) is 0 Å². The van der Waals surface area contributed by atoms with E-state index in [9.17, 15) is 0 Å². The van der Waals surface area contributed by atoms with Crippen LogP contribution in [-0.2, 0) is 28.1 Å². The Kier molecular flexibility index (Phi) is 7.16. The van der Waals surface area contributed by atoms with Gasteiger partial charge in [0.05, 0.1) is 0 Å². The van der Waals surface area contributed by atoms with E-state index >= 15 is 0 Å². The minimum atomic E-state index is 0. The standard InChI is InChI=1S/C11H12.C2H7Si.Ti/c1-8-7-10-5-3-4-6-11(10)9(8)2;1-3-2;/h3-6H,7H2,1-2H3;3H,1-2H3;. The first kappa shape index (κ1) is 14.9. The quantitative estimate of drug-likeness (QED) is 0.618. The third-order valence-corrected chi connectivity index (χ3v) is 2.52. The molecule has 1 aromatic rings. The van der Waals surface area contributed by atoms with Crippen molar-refractivity contribution in [2.24, 2.45) is 0 Å². The van der Waals surface area contributed by atoms with Crippen molar-refractivity contribution in [3.05, 3.63) is 41.0 Å². The van der Waals surface area contributed by atoms with Gasteiger partial charge in [0.2, 0.25) is 0 Å². The van der Waals surface area contributed by atoms with Gasteiger partial charge in [-0.2, -0.15) is 0 Å². The molecule has 2 heteroatoms. The molecule has 1 aromatic carbocycles. The average molecular weight is 251 g/mol. The maximum atomic E-state index is 2.22. The summed E-state index contributed by atoms with van der Waals surface area (Å²) >= 11 is 0. The van der Waals surface area contributed by atoms with Crippen molar-refractivity contribution in [1.29, 1.82) is 0 Å². The Balaban J connectivity index is 0.000000443. The van der Waals surface area contributed by atoms with Gasteiger partial charge >= 0.3 is 0 Å². The second kappa shape index (κ2) is 7.21. The molecule has 0 saturated heterocycles. The maximum absolute atomic E-state index is 2.22. The van der Waals surface area contributed by atoms with Crippen LogP contribution in [0, 0.1) is 0 Å². The fourth-order valence-electron chi connectivity index (χ4n) is 1.69. The molecule has 0 amide bonds. The van der Waals surface area contributed by atoms with Gasteiger partial charge in [-0.25, -0.2) is 0 Å². The van der Waals surface area contributed by atoms with Gasteiger partial charge in [0.15, 0.2) is 0 Å². The molecule has 15 heavy (non-hydrogen) atoms. The van der Waals surface area contributed by atoms with Gasteiger partial charge in [-0.15, -0.1) is 0 Å². The molecule has 1 aliphatic carbocycles. The van der Waals surface area contributed by atoms with Crippen molar-refractivity contribution in [1.82, 2.24) is 0 Å². The number of allylic oxidation sites excluding steroid dienone is 2. The van der Waals surface area contributed by atoms with E-state index in [0.29, 0.717) is 0 Å². The summed E-state index contributed by atoms with van der Waals surface area (Å²) in [5.41, 5.74) is 5.93. The van der Waals surface area contributed by atoms with Crippen molar-refractivity contribution in [2.75, 3.05) is 0 Å². The van der Waals surface area contributed by atoms with Crippen molar-refractivity contribution in [2.45, 2.75) is 33.4 Å². The third kappa shape index (κ3) is 3.75. The maximum Gasteiger partial charge on any atom is 0.0213 e. The summed E-state index contributed by atoms with van der Waals surface area (Å²) in [5.74, 6) is 0. The van der Waals surface area contributed by atoms with E-state index < -0.39 is 0 Å². The van der Waals surface area contributed by atoms with E-state index in [4.69, 9.17) is 0 Å². The molecule has 0 atom stereocenters. The molecule has 0 nitrogen and oxygen atoms in total. The van der Waals surface area contributed by atoms with Crippen LogP contribution in [0.15, 0.2) is 29.8 Å². The molecule has 0 bridgehead atoms. The molecule has 0 N–H and O–H groups in total. The van der Waals surface area contributed by atoms with E-state index in [0.717, 1.165) is 15.9 Å². The zero-order valence-corrected chi connectivity index (χ0v) is 12.8. The van der Waals surface area contributed by atoms with Gasteiger partial charge < -0.3 is 0 Å². The molecule has 0 saturated carbocycles. The third-order valence-electron chi connectivity index (χ3n) is 2.52. The minimum Gasteiger partial charge on any atom is -0.0743 e. The van der Waals surface area contributed by atoms with E-state index in [1.54, 1.807) is 0 Å². The summed E-state index contributed by atoms with van der Waals surface area (Å²) in [6.45, 7) is 8.84. The van der Waals surface area contributed by atoms with Crippen molar-refractivity contribution >= 4 is 15.1 Å². The monoisotopic (exact) mass is 251 g/mol. The summed E-state index contributed by atoms with van der Waals surface area (Å²) < 4.78 is 0. The van der Waals surface area contributed by atoms with E-state index in [2.05, 4.69) is 51.2 Å². The van der Waals surface area contributed by atoms with Gasteiger partial charge in [-0.1, -0.05) is 42.9 Å². The number of rotatable bonds is 0. The van der Waals surface area contributed by atoms with Crippen LogP contribution >= 0.6 is 0 Å². The number of fused-ring (bicyclic) bond motifs is 1. The Morgan fingerprint density at radius 2 is 1.60 bits per heavy atom. The molecular weight excluding hydrogens is 232 g/mol. The van der Waals surface area contributed by atoms with Gasteiger partial charge in [0.25, 0.3) is 0 Å². The van der Waals surface area contributed by atoms with E-state index in [-0.39, 0.29) is 21.7 Å². The number of hydrogen-bond donors (Lipinski definition) is 0. The number of hydrogen-bond acceptors (Lipinski definition) is 0. The normalized spacial score (nSPS) is 12.5. The molecular formula is C13H19SiTi. The van der Waals surface area contributed by atoms with Crippen molar-refractivity contribution in [3.8, 4) is 0 Å². The molecule has 0 spiro atoms.